The summed E-state index contributed by atoms with van der Waals surface area (Å²) in [7, 11) is 0. The number of aromatic nitrogens is 4. The van der Waals surface area contributed by atoms with Gasteiger partial charge in [-0.2, -0.15) is 0 Å². The molecule has 1 aliphatic rings. The third-order valence-corrected chi connectivity index (χ3v) is 5.35. The molecule has 3 heterocycles. The van der Waals surface area contributed by atoms with Crippen molar-refractivity contribution in [3.63, 3.8) is 0 Å². The largest absolute Gasteiger partial charge is 0.379 e. The molecule has 0 radical (unpaired) electrons. The van der Waals surface area contributed by atoms with Crippen LogP contribution in [-0.4, -0.2) is 63.2 Å². The number of morpholine rings is 1. The highest BCUT2D eigenvalue weighted by Gasteiger charge is 2.17. The summed E-state index contributed by atoms with van der Waals surface area (Å²) in [5.41, 5.74) is 2.52. The quantitative estimate of drug-likeness (QED) is 0.634. The molecule has 0 aliphatic carbocycles. The molecular formula is C21H26N6O3. The van der Waals surface area contributed by atoms with E-state index in [1.807, 2.05) is 28.8 Å². The number of hydrogen-bond donors (Lipinski definition) is 2. The Balaban J connectivity index is 1.54. The summed E-state index contributed by atoms with van der Waals surface area (Å²) in [6.07, 6.45) is 0.0171. The van der Waals surface area contributed by atoms with E-state index in [0.29, 0.717) is 29.6 Å². The number of nitrogens with one attached hydrogen (secondary N) is 2. The highest BCUT2D eigenvalue weighted by molar-refractivity contribution is 5.92. The zero-order valence-electron chi connectivity index (χ0n) is 17.3. The van der Waals surface area contributed by atoms with E-state index in [0.717, 1.165) is 43.9 Å². The molecule has 1 aromatic carbocycles. The highest BCUT2D eigenvalue weighted by Crippen LogP contribution is 2.20. The maximum absolute atomic E-state index is 12.7. The molecule has 2 N–H and O–H groups in total. The van der Waals surface area contributed by atoms with Gasteiger partial charge in [-0.15, -0.1) is 0 Å². The standard InChI is InChI=1S/C21H26N6O3/c1-14-17(22-15(2)23-20(14)29)13-19(28)25-21-24-16-5-3-4-6-18(16)27(21)8-7-26-9-11-30-12-10-26/h3-6H,7-13H2,1-2H3,(H,22,23,29)(H,24,25,28). The average Bonchev–Trinajstić information content (AvgIpc) is 3.07. The second kappa shape index (κ2) is 8.76. The smallest absolute Gasteiger partial charge is 0.254 e. The number of hydrogen-bond acceptors (Lipinski definition) is 6. The van der Waals surface area contributed by atoms with Crippen molar-refractivity contribution in [2.45, 2.75) is 26.8 Å². The molecule has 9 nitrogen and oxygen atoms in total. The van der Waals surface area contributed by atoms with Crippen LogP contribution in [0.15, 0.2) is 29.1 Å². The number of nitrogens with zero attached hydrogens (tertiary/aromatic N) is 4. The monoisotopic (exact) mass is 410 g/mol. The SMILES string of the molecule is Cc1nc(CC(=O)Nc2nc3ccccc3n2CCN2CCOCC2)c(C)c(=O)[nH]1. The Bertz CT molecular complexity index is 1110. The van der Waals surface area contributed by atoms with Gasteiger partial charge in [0.1, 0.15) is 5.82 Å². The molecule has 2 aromatic heterocycles. The Labute approximate surface area is 174 Å². The molecule has 9 heteroatoms. The number of amides is 1. The summed E-state index contributed by atoms with van der Waals surface area (Å²) < 4.78 is 7.45. The van der Waals surface area contributed by atoms with Crippen LogP contribution in [-0.2, 0) is 22.5 Å². The Morgan fingerprint density at radius 3 is 2.73 bits per heavy atom. The van der Waals surface area contributed by atoms with Gasteiger partial charge < -0.3 is 14.3 Å². The van der Waals surface area contributed by atoms with Gasteiger partial charge in [0, 0.05) is 31.7 Å². The van der Waals surface area contributed by atoms with Gasteiger partial charge in [-0.05, 0) is 26.0 Å². The highest BCUT2D eigenvalue weighted by atomic mass is 16.5. The number of para-hydroxylation sites is 2. The summed E-state index contributed by atoms with van der Waals surface area (Å²) in [5, 5.41) is 2.92. The number of carbonyl (C=O) groups is 1. The third kappa shape index (κ3) is 4.42. The predicted octanol–water partition coefficient (Wildman–Crippen LogP) is 1.25. The van der Waals surface area contributed by atoms with Crippen molar-refractivity contribution in [3.8, 4) is 0 Å². The minimum atomic E-state index is -0.251. The fourth-order valence-electron chi connectivity index (χ4n) is 3.66. The molecule has 30 heavy (non-hydrogen) atoms. The molecule has 1 saturated heterocycles. The fraction of sp³-hybridized carbons (Fsp3) is 0.429. The Morgan fingerprint density at radius 2 is 1.93 bits per heavy atom. The molecule has 3 aromatic rings. The molecule has 0 spiro atoms. The molecule has 0 unspecified atom stereocenters. The first-order valence-electron chi connectivity index (χ1n) is 10.1. The molecule has 0 atom stereocenters. The number of aromatic amines is 1. The molecule has 158 valence electrons. The maximum Gasteiger partial charge on any atom is 0.254 e. The molecule has 0 saturated carbocycles. The number of benzene rings is 1. The number of rotatable bonds is 6. The van der Waals surface area contributed by atoms with E-state index in [2.05, 4.69) is 25.2 Å². The van der Waals surface area contributed by atoms with E-state index in [1.165, 1.54) is 0 Å². The molecule has 0 bridgehead atoms. The van der Waals surface area contributed by atoms with Gasteiger partial charge >= 0.3 is 0 Å². The van der Waals surface area contributed by atoms with Crippen molar-refractivity contribution in [2.75, 3.05) is 38.2 Å². The Kier molecular flexibility index (Phi) is 5.91. The first-order chi connectivity index (χ1) is 14.5. The van der Waals surface area contributed by atoms with Gasteiger partial charge in [0.2, 0.25) is 11.9 Å². The average molecular weight is 410 g/mol. The van der Waals surface area contributed by atoms with E-state index in [9.17, 15) is 9.59 Å². The zero-order valence-corrected chi connectivity index (χ0v) is 17.3. The molecule has 4 rings (SSSR count). The van der Waals surface area contributed by atoms with Gasteiger partial charge in [0.25, 0.3) is 5.56 Å². The van der Waals surface area contributed by atoms with Crippen LogP contribution in [0.25, 0.3) is 11.0 Å². The van der Waals surface area contributed by atoms with Crippen LogP contribution in [0, 0.1) is 13.8 Å². The van der Waals surface area contributed by atoms with Crippen LogP contribution in [0.1, 0.15) is 17.1 Å². The summed E-state index contributed by atoms with van der Waals surface area (Å²) in [6, 6.07) is 7.83. The lowest BCUT2D eigenvalue weighted by Gasteiger charge is -2.26. The summed E-state index contributed by atoms with van der Waals surface area (Å²) in [6.45, 7) is 8.23. The first kappa shape index (κ1) is 20.2. The van der Waals surface area contributed by atoms with Crippen LogP contribution in [0.2, 0.25) is 0 Å². The maximum atomic E-state index is 12.7. The number of aryl methyl sites for hydroxylation is 1. The van der Waals surface area contributed by atoms with Crippen LogP contribution in [0.3, 0.4) is 0 Å². The molecule has 1 aliphatic heterocycles. The lowest BCUT2D eigenvalue weighted by molar-refractivity contribution is -0.115. The van der Waals surface area contributed by atoms with Crippen LogP contribution in [0.4, 0.5) is 5.95 Å². The minimum Gasteiger partial charge on any atom is -0.379 e. The second-order valence-electron chi connectivity index (χ2n) is 7.48. The summed E-state index contributed by atoms with van der Waals surface area (Å²) in [5.74, 6) is 0.748. The normalized spacial score (nSPS) is 14.9. The lowest BCUT2D eigenvalue weighted by Crippen LogP contribution is -2.38. The number of imidazole rings is 1. The van der Waals surface area contributed by atoms with Crippen molar-refractivity contribution in [3.05, 3.63) is 51.7 Å². The summed E-state index contributed by atoms with van der Waals surface area (Å²) in [4.78, 5) is 38.6. The number of carbonyl (C=O) groups excluding carboxylic acids is 1. The van der Waals surface area contributed by atoms with Gasteiger partial charge in [-0.25, -0.2) is 9.97 Å². The number of H-pyrrole nitrogens is 1. The van der Waals surface area contributed by atoms with E-state index in [1.54, 1.807) is 13.8 Å². The van der Waals surface area contributed by atoms with Gasteiger partial charge in [0.05, 0.1) is 36.4 Å². The van der Waals surface area contributed by atoms with E-state index in [-0.39, 0.29) is 17.9 Å². The first-order valence-corrected chi connectivity index (χ1v) is 10.1. The topological polar surface area (TPSA) is 105 Å². The number of ether oxygens (including phenoxy) is 1. The number of fused-ring (bicyclic) bond motifs is 1. The Morgan fingerprint density at radius 1 is 1.17 bits per heavy atom. The minimum absolute atomic E-state index is 0.0171. The van der Waals surface area contributed by atoms with Crippen molar-refractivity contribution in [1.29, 1.82) is 0 Å². The van der Waals surface area contributed by atoms with Gasteiger partial charge in [-0.1, -0.05) is 12.1 Å². The van der Waals surface area contributed by atoms with Crippen molar-refractivity contribution in [1.82, 2.24) is 24.4 Å². The summed E-state index contributed by atoms with van der Waals surface area (Å²) >= 11 is 0. The molecular weight excluding hydrogens is 384 g/mol. The van der Waals surface area contributed by atoms with E-state index >= 15 is 0 Å². The molecule has 1 fully saturated rings. The van der Waals surface area contributed by atoms with Crippen LogP contribution < -0.4 is 10.9 Å². The van der Waals surface area contributed by atoms with Gasteiger partial charge in [0.15, 0.2) is 0 Å². The number of anilines is 1. The predicted molar refractivity (Wildman–Crippen MR) is 114 cm³/mol. The fourth-order valence-corrected chi connectivity index (χ4v) is 3.66. The van der Waals surface area contributed by atoms with Crippen molar-refractivity contribution in [2.24, 2.45) is 0 Å². The Hall–Kier alpha value is -3.04. The zero-order chi connectivity index (χ0) is 21.1. The van der Waals surface area contributed by atoms with Crippen molar-refractivity contribution >= 4 is 22.9 Å². The molecule has 1 amide bonds. The van der Waals surface area contributed by atoms with Crippen LogP contribution >= 0.6 is 0 Å². The van der Waals surface area contributed by atoms with Gasteiger partial charge in [-0.3, -0.25) is 19.8 Å². The lowest BCUT2D eigenvalue weighted by atomic mass is 10.2. The van der Waals surface area contributed by atoms with Crippen molar-refractivity contribution < 1.29 is 9.53 Å². The van der Waals surface area contributed by atoms with E-state index in [4.69, 9.17) is 4.74 Å². The van der Waals surface area contributed by atoms with E-state index < -0.39 is 0 Å². The second-order valence-corrected chi connectivity index (χ2v) is 7.48. The van der Waals surface area contributed by atoms with Crippen LogP contribution in [0.5, 0.6) is 0 Å². The third-order valence-electron chi connectivity index (χ3n) is 5.35.